The molecule has 3 aliphatic rings. The fourth-order valence-electron chi connectivity index (χ4n) is 8.97. The second-order valence-electron chi connectivity index (χ2n) is 18.3. The van der Waals surface area contributed by atoms with Gasteiger partial charge in [-0.1, -0.05) is 35.4 Å². The van der Waals surface area contributed by atoms with Crippen molar-refractivity contribution in [2.75, 3.05) is 30.0 Å². The van der Waals surface area contributed by atoms with Gasteiger partial charge in [0.25, 0.3) is 0 Å². The monoisotopic (exact) mass is 1100 g/mol. The number of hydrogen-bond donors (Lipinski definition) is 2. The van der Waals surface area contributed by atoms with E-state index in [0.717, 1.165) is 47.6 Å². The number of alkyl halides is 8. The first-order valence-electron chi connectivity index (χ1n) is 21.9. The van der Waals surface area contributed by atoms with Gasteiger partial charge in [0.05, 0.1) is 52.5 Å². The van der Waals surface area contributed by atoms with Crippen LogP contribution in [0.25, 0.3) is 22.0 Å². The largest absolute Gasteiger partial charge is 0.435 e. The van der Waals surface area contributed by atoms with Crippen LogP contribution < -0.4 is 9.62 Å². The molecule has 1 saturated heterocycles. The molecule has 2 aromatic carbocycles. The van der Waals surface area contributed by atoms with Crippen LogP contribution in [0.3, 0.4) is 0 Å². The Balaban J connectivity index is 1.37. The Morgan fingerprint density at radius 1 is 0.973 bits per heavy atom. The Kier molecular flexibility index (Phi) is 13.6. The summed E-state index contributed by atoms with van der Waals surface area (Å²) in [4.78, 5) is 33.9. The summed E-state index contributed by atoms with van der Waals surface area (Å²) in [5, 5.41) is 18.7. The molecule has 0 saturated carbocycles. The van der Waals surface area contributed by atoms with E-state index in [1.165, 1.54) is 13.8 Å². The van der Waals surface area contributed by atoms with Crippen LogP contribution in [0.2, 0.25) is 5.02 Å². The van der Waals surface area contributed by atoms with E-state index in [4.69, 9.17) is 11.6 Å². The number of likely N-dealkylation sites (tertiary alicyclic amines) is 1. The highest BCUT2D eigenvalue weighted by Gasteiger charge is 2.62. The van der Waals surface area contributed by atoms with Crippen LogP contribution in [0.15, 0.2) is 42.5 Å². The summed E-state index contributed by atoms with van der Waals surface area (Å²) in [6.07, 6.45) is -9.17. The summed E-state index contributed by atoms with van der Waals surface area (Å²) < 4.78 is 199. The molecule has 15 nitrogen and oxygen atoms in total. The topological polar surface area (TPSA) is 190 Å². The van der Waals surface area contributed by atoms with Crippen LogP contribution in [0.5, 0.6) is 0 Å². The predicted octanol–water partition coefficient (Wildman–Crippen LogP) is 7.25. The van der Waals surface area contributed by atoms with E-state index < -0.39 is 161 Å². The summed E-state index contributed by atoms with van der Waals surface area (Å²) in [5.41, 5.74) is -6.28. The molecule has 4 atom stereocenters. The van der Waals surface area contributed by atoms with Crippen LogP contribution in [0.1, 0.15) is 72.6 Å². The zero-order valence-corrected chi connectivity index (χ0v) is 41.2. The summed E-state index contributed by atoms with van der Waals surface area (Å²) in [6, 6.07) is 2.55. The molecular formula is C46H39ClF10N8O7S2. The molecule has 394 valence electrons. The SMILES string of the molecule is CC(C)(C#Cc1ccc(-c2ccc(Cl)c3c(N(C(=O)N4CCC[C@H]4CO)S(C)(=O)=O)nn(CC(F)(F)F)c23)c([C@H](Cc2cc(F)cc(F)c2)NC(=O)Cn2nc(C(F)(F)F)c3c2C(F)(F)[C@@H]2C#C[C@H]32)n1)S(C)(=O)=O. The van der Waals surface area contributed by atoms with Gasteiger partial charge in [0.1, 0.15) is 46.8 Å². The number of fused-ring (bicyclic) bond motifs is 4. The van der Waals surface area contributed by atoms with E-state index in [9.17, 15) is 66.7 Å². The van der Waals surface area contributed by atoms with E-state index in [1.54, 1.807) is 0 Å². The molecule has 8 rings (SSSR count). The zero-order chi connectivity index (χ0) is 54.4. The van der Waals surface area contributed by atoms with Crippen LogP contribution in [-0.2, 0) is 56.3 Å². The Labute approximate surface area is 419 Å². The average molecular weight is 1110 g/mol. The van der Waals surface area contributed by atoms with E-state index in [0.29, 0.717) is 18.7 Å². The van der Waals surface area contributed by atoms with Gasteiger partial charge in [0.15, 0.2) is 21.3 Å². The van der Waals surface area contributed by atoms with E-state index in [2.05, 4.69) is 44.2 Å². The molecule has 1 aliphatic heterocycles. The maximum atomic E-state index is 15.8. The third kappa shape index (κ3) is 10.1. The molecule has 4 heterocycles. The number of aliphatic hydroxyl groups is 1. The smallest absolute Gasteiger partial charge is 0.394 e. The number of rotatable bonds is 12. The number of hydrogen-bond acceptors (Lipinski definition) is 10. The number of carbonyl (C=O) groups is 2. The van der Waals surface area contributed by atoms with Crippen molar-refractivity contribution in [2.45, 2.75) is 87.2 Å². The fraction of sp³-hybridized carbons (Fsp3) is 0.413. The van der Waals surface area contributed by atoms with Crippen LogP contribution in [0.4, 0.5) is 54.5 Å². The number of nitrogens with one attached hydrogen (secondary N) is 1. The van der Waals surface area contributed by atoms with Gasteiger partial charge >= 0.3 is 24.3 Å². The lowest BCUT2D eigenvalue weighted by molar-refractivity contribution is -0.143. The Bertz CT molecular complexity index is 3500. The standard InChI is InChI=1S/C46H39ClF10N8O7S2/c1-43(2,73(3,69)70)14-13-26-7-8-28(29-10-12-32(47)36-38(29)64(22-44(50,51)52)61-41(36)65(74(4,71)72)42(68)62-15-5-6-27(62)21-66)37(58-26)33(18-23-16-24(48)19-25(49)17-23)59-34(67)20-63-40-35(39(60-63)46(55,56)57)30-9-11-31(30)45(40,53)54/h7-8,10,12,16-17,19,27,30-31,33,66H,5-6,15,18,20-22H2,1-4H3,(H,59,67)/t27-,30-,31+,33-/m0/s1. The van der Waals surface area contributed by atoms with Gasteiger partial charge in [-0.15, -0.1) is 0 Å². The summed E-state index contributed by atoms with van der Waals surface area (Å²) in [5.74, 6) is -2.55. The lowest BCUT2D eigenvalue weighted by atomic mass is 9.84. The summed E-state index contributed by atoms with van der Waals surface area (Å²) in [7, 11) is -8.74. The van der Waals surface area contributed by atoms with Gasteiger partial charge in [0, 0.05) is 35.6 Å². The molecule has 1 fully saturated rings. The molecule has 0 unspecified atom stereocenters. The molecule has 0 spiro atoms. The maximum Gasteiger partial charge on any atom is 0.435 e. The predicted molar refractivity (Wildman–Crippen MR) is 245 cm³/mol. The van der Waals surface area contributed by atoms with Gasteiger partial charge in [0.2, 0.25) is 15.9 Å². The molecule has 0 bridgehead atoms. The number of aliphatic hydroxyl groups excluding tert-OH is 1. The second-order valence-corrected chi connectivity index (χ2v) is 23.1. The van der Waals surface area contributed by atoms with Crippen LogP contribution in [0, 0.1) is 41.2 Å². The van der Waals surface area contributed by atoms with E-state index >= 15 is 8.78 Å². The molecule has 3 amide bonds. The van der Waals surface area contributed by atoms with Crippen LogP contribution in [-0.4, -0.2) is 106 Å². The summed E-state index contributed by atoms with van der Waals surface area (Å²) in [6.45, 7) is -1.55. The van der Waals surface area contributed by atoms with Gasteiger partial charge in [-0.2, -0.15) is 49.6 Å². The third-order valence-electron chi connectivity index (χ3n) is 12.6. The number of aromatic nitrogens is 5. The number of benzene rings is 2. The first-order chi connectivity index (χ1) is 34.2. The Morgan fingerprint density at radius 3 is 2.22 bits per heavy atom. The first kappa shape index (κ1) is 53.9. The van der Waals surface area contributed by atoms with E-state index in [-0.39, 0.29) is 49.0 Å². The average Bonchev–Trinajstić information content (AvgIpc) is 4.00. The third-order valence-corrected chi connectivity index (χ3v) is 15.9. The quantitative estimate of drug-likeness (QED) is 0.0952. The van der Waals surface area contributed by atoms with Gasteiger partial charge in [-0.25, -0.2) is 35.4 Å². The Hall–Kier alpha value is -6.42. The molecule has 5 aromatic rings. The van der Waals surface area contributed by atoms with Crippen molar-refractivity contribution < 1.29 is 75.4 Å². The number of sulfone groups is 1. The van der Waals surface area contributed by atoms with Gasteiger partial charge in [-0.3, -0.25) is 14.2 Å². The number of halogens is 11. The number of amides is 3. The minimum absolute atomic E-state index is 0.0749. The van der Waals surface area contributed by atoms with Crippen molar-refractivity contribution >= 4 is 60.1 Å². The highest BCUT2D eigenvalue weighted by Crippen LogP contribution is 2.58. The van der Waals surface area contributed by atoms with Gasteiger partial charge in [-0.05, 0) is 74.9 Å². The highest BCUT2D eigenvalue weighted by molar-refractivity contribution is 7.93. The molecule has 2 aliphatic carbocycles. The number of nitrogens with zero attached hydrogens (tertiary/aromatic N) is 7. The minimum Gasteiger partial charge on any atom is -0.394 e. The van der Waals surface area contributed by atoms with Gasteiger partial charge < -0.3 is 15.3 Å². The second kappa shape index (κ2) is 18.7. The first-order valence-corrected chi connectivity index (χ1v) is 26.1. The van der Waals surface area contributed by atoms with Crippen molar-refractivity contribution in [3.63, 3.8) is 0 Å². The lowest BCUT2D eigenvalue weighted by Crippen LogP contribution is -2.49. The maximum absolute atomic E-state index is 15.8. The van der Waals surface area contributed by atoms with Crippen molar-refractivity contribution in [3.8, 4) is 34.8 Å². The normalized spacial score (nSPS) is 18.7. The van der Waals surface area contributed by atoms with Crippen molar-refractivity contribution in [1.29, 1.82) is 0 Å². The van der Waals surface area contributed by atoms with Crippen LogP contribution >= 0.6 is 11.6 Å². The van der Waals surface area contributed by atoms with Crippen molar-refractivity contribution in [1.82, 2.24) is 34.8 Å². The number of carbonyl (C=O) groups excluding carboxylic acids is 2. The fourth-order valence-corrected chi connectivity index (χ4v) is 10.3. The molecule has 74 heavy (non-hydrogen) atoms. The minimum atomic E-state index is -5.30. The van der Waals surface area contributed by atoms with E-state index in [1.807, 2.05) is 0 Å². The van der Waals surface area contributed by atoms with Crippen molar-refractivity contribution in [2.24, 2.45) is 5.92 Å². The zero-order valence-electron chi connectivity index (χ0n) is 38.8. The Morgan fingerprint density at radius 2 is 1.64 bits per heavy atom. The number of anilines is 1. The van der Waals surface area contributed by atoms with Crippen molar-refractivity contribution in [3.05, 3.63) is 93.0 Å². The molecule has 3 aromatic heterocycles. The number of pyridine rings is 1. The number of sulfonamides is 1. The lowest BCUT2D eigenvalue weighted by Gasteiger charge is -2.28. The highest BCUT2D eigenvalue weighted by atomic mass is 35.5. The number of urea groups is 1. The molecule has 28 heteroatoms. The molecular weight excluding hydrogens is 1070 g/mol. The molecule has 0 radical (unpaired) electrons. The summed E-state index contributed by atoms with van der Waals surface area (Å²) >= 11 is 6.69. The molecule has 2 N–H and O–H groups in total.